The van der Waals surface area contributed by atoms with E-state index in [1.165, 1.54) is 19.9 Å². The Hall–Kier alpha value is -1.80. The minimum atomic E-state index is -0.125. The fourth-order valence-electron chi connectivity index (χ4n) is 1.37. The van der Waals surface area contributed by atoms with Crippen molar-refractivity contribution in [1.29, 1.82) is 0 Å². The molecule has 0 fully saturated rings. The second kappa shape index (κ2) is 10.0. The summed E-state index contributed by atoms with van der Waals surface area (Å²) in [5.74, 6) is -0.0625. The molecule has 107 valence electrons. The maximum absolute atomic E-state index is 10.0. The molecule has 0 bridgehead atoms. The van der Waals surface area contributed by atoms with Crippen LogP contribution in [0.1, 0.15) is 13.8 Å². The van der Waals surface area contributed by atoms with Gasteiger partial charge in [0.15, 0.2) is 5.78 Å². The van der Waals surface area contributed by atoms with Crippen molar-refractivity contribution in [2.24, 2.45) is 0 Å². The number of aliphatic hydroxyl groups excluding tert-OH is 1. The normalized spacial score (nSPS) is 9.80. The van der Waals surface area contributed by atoms with Crippen molar-refractivity contribution in [3.8, 4) is 11.3 Å². The van der Waals surface area contributed by atoms with Gasteiger partial charge in [-0.05, 0) is 25.6 Å². The number of carbonyl (C=O) groups excluding carboxylic acids is 1. The molecule has 0 aliphatic rings. The molecule has 1 heterocycles. The summed E-state index contributed by atoms with van der Waals surface area (Å²) in [6.45, 7) is 2.85. The number of aromatic nitrogens is 1. The maximum atomic E-state index is 10.0. The van der Waals surface area contributed by atoms with E-state index in [1.807, 2.05) is 42.5 Å². The summed E-state index contributed by atoms with van der Waals surface area (Å²) in [4.78, 5) is 14.2. The standard InChI is InChI=1S/C11H8N.C5H8O2.Rh/c1-2-6-10(7-3-1)11-8-4-5-9-12-11;1-4(6)3-5(2)7;/h1-6,8-9H;3,6H,1-2H3;/q-1;;/b;4-3-;. The van der Waals surface area contributed by atoms with Gasteiger partial charge in [0.2, 0.25) is 0 Å². The summed E-state index contributed by atoms with van der Waals surface area (Å²) in [5, 5.41) is 8.36. The van der Waals surface area contributed by atoms with Crippen LogP contribution in [-0.2, 0) is 24.3 Å². The molecule has 1 aromatic heterocycles. The SMILES string of the molecule is CC(=O)/C=C(/C)O.[Rh].[c-]1ccccc1-c1ccccn1. The molecule has 1 radical (unpaired) electrons. The molecule has 4 heteroatoms. The van der Waals surface area contributed by atoms with E-state index in [-0.39, 0.29) is 31.0 Å². The zero-order chi connectivity index (χ0) is 14.1. The minimum absolute atomic E-state index is 0. The van der Waals surface area contributed by atoms with Gasteiger partial charge in [-0.15, -0.1) is 35.9 Å². The van der Waals surface area contributed by atoms with E-state index in [2.05, 4.69) is 11.1 Å². The van der Waals surface area contributed by atoms with E-state index in [1.54, 1.807) is 6.20 Å². The van der Waals surface area contributed by atoms with Crippen LogP contribution in [0.5, 0.6) is 0 Å². The average molecular weight is 357 g/mol. The first-order chi connectivity index (χ1) is 9.09. The molecule has 2 aromatic rings. The number of nitrogens with zero attached hydrogens (tertiary/aromatic N) is 1. The summed E-state index contributed by atoms with van der Waals surface area (Å²) < 4.78 is 0. The summed E-state index contributed by atoms with van der Waals surface area (Å²) in [7, 11) is 0. The van der Waals surface area contributed by atoms with Crippen molar-refractivity contribution in [1.82, 2.24) is 4.98 Å². The number of hydrogen-bond acceptors (Lipinski definition) is 3. The molecule has 0 aliphatic heterocycles. The van der Waals surface area contributed by atoms with Crippen LogP contribution in [0.4, 0.5) is 0 Å². The molecule has 2 rings (SSSR count). The Balaban J connectivity index is 0.000000396. The minimum Gasteiger partial charge on any atom is -0.512 e. The predicted molar refractivity (Wildman–Crippen MR) is 75.6 cm³/mol. The van der Waals surface area contributed by atoms with Crippen LogP contribution in [0.3, 0.4) is 0 Å². The first kappa shape index (κ1) is 18.2. The fraction of sp³-hybridized carbons (Fsp3) is 0.125. The summed E-state index contributed by atoms with van der Waals surface area (Å²) in [6, 6.07) is 16.8. The molecule has 0 atom stereocenters. The van der Waals surface area contributed by atoms with Gasteiger partial charge >= 0.3 is 0 Å². The Morgan fingerprint density at radius 3 is 2.30 bits per heavy atom. The molecule has 0 saturated heterocycles. The van der Waals surface area contributed by atoms with Crippen molar-refractivity contribution in [2.75, 3.05) is 0 Å². The van der Waals surface area contributed by atoms with Crippen molar-refractivity contribution in [3.63, 3.8) is 0 Å². The van der Waals surface area contributed by atoms with E-state index in [4.69, 9.17) is 5.11 Å². The number of aliphatic hydroxyl groups is 1. The van der Waals surface area contributed by atoms with Crippen LogP contribution in [0, 0.1) is 6.07 Å². The van der Waals surface area contributed by atoms with Gasteiger partial charge in [-0.2, -0.15) is 0 Å². The Bertz CT molecular complexity index is 497. The third-order valence-corrected chi connectivity index (χ3v) is 2.06. The molecule has 0 unspecified atom stereocenters. The average Bonchev–Trinajstić information content (AvgIpc) is 2.40. The van der Waals surface area contributed by atoms with Gasteiger partial charge in [0.25, 0.3) is 0 Å². The van der Waals surface area contributed by atoms with Crippen molar-refractivity contribution >= 4 is 5.78 Å². The molecule has 0 amide bonds. The van der Waals surface area contributed by atoms with E-state index >= 15 is 0 Å². The number of allylic oxidation sites excluding steroid dienone is 2. The third-order valence-electron chi connectivity index (χ3n) is 2.06. The Morgan fingerprint density at radius 1 is 1.20 bits per heavy atom. The van der Waals surface area contributed by atoms with E-state index < -0.39 is 0 Å². The van der Waals surface area contributed by atoms with Crippen molar-refractivity contribution in [3.05, 3.63) is 66.6 Å². The van der Waals surface area contributed by atoms with Gasteiger partial charge in [-0.25, -0.2) is 0 Å². The summed E-state index contributed by atoms with van der Waals surface area (Å²) in [6.07, 6.45) is 2.95. The largest absolute Gasteiger partial charge is 0.512 e. The number of carbonyl (C=O) groups is 1. The Kier molecular flexibility index (Phi) is 9.14. The predicted octanol–water partition coefficient (Wildman–Crippen LogP) is 3.58. The molecule has 1 N–H and O–H groups in total. The van der Waals surface area contributed by atoms with Gasteiger partial charge in [0.05, 0.1) is 5.76 Å². The first-order valence-electron chi connectivity index (χ1n) is 5.85. The second-order valence-corrected chi connectivity index (χ2v) is 3.89. The van der Waals surface area contributed by atoms with Crippen LogP contribution in [0.25, 0.3) is 11.3 Å². The van der Waals surface area contributed by atoms with Gasteiger partial charge in [-0.1, -0.05) is 12.1 Å². The summed E-state index contributed by atoms with van der Waals surface area (Å²) in [5.41, 5.74) is 2.01. The van der Waals surface area contributed by atoms with Crippen LogP contribution in [0.2, 0.25) is 0 Å². The van der Waals surface area contributed by atoms with E-state index in [0.717, 1.165) is 11.3 Å². The van der Waals surface area contributed by atoms with E-state index in [0.29, 0.717) is 0 Å². The number of pyridine rings is 1. The molecular formula is C16H16NO2Rh-. The molecule has 0 aliphatic carbocycles. The van der Waals surface area contributed by atoms with Gasteiger partial charge in [0.1, 0.15) is 0 Å². The summed E-state index contributed by atoms with van der Waals surface area (Å²) >= 11 is 0. The zero-order valence-electron chi connectivity index (χ0n) is 11.3. The van der Waals surface area contributed by atoms with Gasteiger partial charge < -0.3 is 10.1 Å². The van der Waals surface area contributed by atoms with Crippen LogP contribution in [0.15, 0.2) is 60.5 Å². The van der Waals surface area contributed by atoms with Crippen molar-refractivity contribution in [2.45, 2.75) is 13.8 Å². The third kappa shape index (κ3) is 7.60. The molecular weight excluding hydrogens is 341 g/mol. The van der Waals surface area contributed by atoms with E-state index in [9.17, 15) is 4.79 Å². The second-order valence-electron chi connectivity index (χ2n) is 3.89. The molecule has 1 aromatic carbocycles. The van der Waals surface area contributed by atoms with Gasteiger partial charge in [0, 0.05) is 31.8 Å². The van der Waals surface area contributed by atoms with Crippen molar-refractivity contribution < 1.29 is 29.4 Å². The Labute approximate surface area is 132 Å². The smallest absolute Gasteiger partial charge is 0.155 e. The zero-order valence-corrected chi connectivity index (χ0v) is 13.0. The topological polar surface area (TPSA) is 50.2 Å². The molecule has 20 heavy (non-hydrogen) atoms. The van der Waals surface area contributed by atoms with Crippen LogP contribution in [-0.4, -0.2) is 15.9 Å². The number of hydrogen-bond donors (Lipinski definition) is 1. The Morgan fingerprint density at radius 2 is 1.90 bits per heavy atom. The van der Waals surface area contributed by atoms with Crippen LogP contribution < -0.4 is 0 Å². The quantitative estimate of drug-likeness (QED) is 0.387. The molecule has 0 saturated carbocycles. The number of benzene rings is 1. The molecule has 3 nitrogen and oxygen atoms in total. The first-order valence-corrected chi connectivity index (χ1v) is 5.85. The fourth-order valence-corrected chi connectivity index (χ4v) is 1.37. The monoisotopic (exact) mass is 357 g/mol. The number of ketones is 1. The number of rotatable bonds is 2. The molecule has 0 spiro atoms. The maximum Gasteiger partial charge on any atom is 0.155 e. The van der Waals surface area contributed by atoms with Crippen LogP contribution >= 0.6 is 0 Å². The van der Waals surface area contributed by atoms with Gasteiger partial charge in [-0.3, -0.25) is 4.79 Å².